The van der Waals surface area contributed by atoms with Crippen LogP contribution in [0.5, 0.6) is 5.75 Å². The molecule has 35 heavy (non-hydrogen) atoms. The maximum Gasteiger partial charge on any atom is 0.239 e. The van der Waals surface area contributed by atoms with Crippen molar-refractivity contribution in [2.45, 2.75) is 26.7 Å². The van der Waals surface area contributed by atoms with E-state index in [1.54, 1.807) is 7.11 Å². The molecule has 2 aromatic carbocycles. The number of benzene rings is 2. The maximum atomic E-state index is 13.0. The highest BCUT2D eigenvalue weighted by Gasteiger charge is 2.27. The summed E-state index contributed by atoms with van der Waals surface area (Å²) in [5.41, 5.74) is 3.76. The van der Waals surface area contributed by atoms with Gasteiger partial charge < -0.3 is 10.1 Å². The number of rotatable bonds is 7. The fourth-order valence-electron chi connectivity index (χ4n) is 4.68. The molecule has 1 amide bonds. The second kappa shape index (κ2) is 10.6. The number of ether oxygens (including phenoxy) is 1. The van der Waals surface area contributed by atoms with Crippen LogP contribution in [0, 0.1) is 31.1 Å². The number of anilines is 1. The van der Waals surface area contributed by atoms with Gasteiger partial charge in [-0.05, 0) is 69.6 Å². The van der Waals surface area contributed by atoms with Gasteiger partial charge in [0.15, 0.2) is 5.78 Å². The Morgan fingerprint density at radius 3 is 2.31 bits per heavy atom. The van der Waals surface area contributed by atoms with E-state index in [0.29, 0.717) is 24.5 Å². The molecule has 0 radical (unpaired) electrons. The first-order valence-corrected chi connectivity index (χ1v) is 11.8. The van der Waals surface area contributed by atoms with Crippen LogP contribution in [0.4, 0.5) is 5.82 Å². The molecule has 7 heteroatoms. The van der Waals surface area contributed by atoms with Crippen molar-refractivity contribution in [1.82, 2.24) is 9.47 Å². The van der Waals surface area contributed by atoms with Crippen LogP contribution < -0.4 is 10.1 Å². The molecular formula is C28H30N4O3. The van der Waals surface area contributed by atoms with Crippen LogP contribution in [0.3, 0.4) is 0 Å². The van der Waals surface area contributed by atoms with E-state index in [4.69, 9.17) is 4.74 Å². The molecule has 0 unspecified atom stereocenters. The second-order valence-corrected chi connectivity index (χ2v) is 8.91. The van der Waals surface area contributed by atoms with E-state index >= 15 is 0 Å². The third-order valence-electron chi connectivity index (χ3n) is 6.80. The lowest BCUT2D eigenvalue weighted by atomic mass is 9.89. The number of amides is 1. The second-order valence-electron chi connectivity index (χ2n) is 8.91. The van der Waals surface area contributed by atoms with Crippen molar-refractivity contribution in [3.05, 3.63) is 77.0 Å². The van der Waals surface area contributed by atoms with Gasteiger partial charge >= 0.3 is 0 Å². The minimum atomic E-state index is -0.179. The Morgan fingerprint density at radius 2 is 1.71 bits per heavy atom. The molecule has 1 aliphatic rings. The predicted octanol–water partition coefficient (Wildman–Crippen LogP) is 4.51. The van der Waals surface area contributed by atoms with Crippen molar-refractivity contribution in [2.75, 3.05) is 32.1 Å². The lowest BCUT2D eigenvalue weighted by molar-refractivity contribution is -0.117. The quantitative estimate of drug-likeness (QED) is 0.514. The normalized spacial score (nSPS) is 14.3. The van der Waals surface area contributed by atoms with Crippen molar-refractivity contribution in [3.8, 4) is 17.5 Å². The van der Waals surface area contributed by atoms with Gasteiger partial charge in [0.2, 0.25) is 5.91 Å². The average molecular weight is 471 g/mol. The van der Waals surface area contributed by atoms with Crippen molar-refractivity contribution in [2.24, 2.45) is 5.92 Å². The van der Waals surface area contributed by atoms with E-state index in [-0.39, 0.29) is 24.2 Å². The van der Waals surface area contributed by atoms with Crippen molar-refractivity contribution < 1.29 is 14.3 Å². The van der Waals surface area contributed by atoms with Gasteiger partial charge in [-0.15, -0.1) is 0 Å². The molecule has 180 valence electrons. The largest absolute Gasteiger partial charge is 0.497 e. The third kappa shape index (κ3) is 5.13. The number of hydrogen-bond acceptors (Lipinski definition) is 5. The molecule has 1 saturated heterocycles. The van der Waals surface area contributed by atoms with Crippen LogP contribution in [0.15, 0.2) is 54.6 Å². The van der Waals surface area contributed by atoms with Crippen molar-refractivity contribution in [3.63, 3.8) is 0 Å². The summed E-state index contributed by atoms with van der Waals surface area (Å²) in [5.74, 6) is 1.19. The van der Waals surface area contributed by atoms with E-state index < -0.39 is 0 Å². The van der Waals surface area contributed by atoms with Gasteiger partial charge in [-0.2, -0.15) is 5.26 Å². The fraction of sp³-hybridized carbons (Fsp3) is 0.321. The molecule has 1 fully saturated rings. The molecule has 4 rings (SSSR count). The Morgan fingerprint density at radius 1 is 1.06 bits per heavy atom. The number of aromatic nitrogens is 1. The fourth-order valence-corrected chi connectivity index (χ4v) is 4.68. The van der Waals surface area contributed by atoms with Gasteiger partial charge in [0, 0.05) is 22.9 Å². The Labute approximate surface area is 205 Å². The smallest absolute Gasteiger partial charge is 0.239 e. The molecule has 1 aromatic heterocycles. The van der Waals surface area contributed by atoms with Crippen LogP contribution in [0.2, 0.25) is 0 Å². The topological polar surface area (TPSA) is 87.4 Å². The summed E-state index contributed by atoms with van der Waals surface area (Å²) in [4.78, 5) is 27.8. The van der Waals surface area contributed by atoms with Gasteiger partial charge in [0.05, 0.1) is 19.2 Å². The number of piperidine rings is 1. The Bertz CT molecular complexity index is 1250. The van der Waals surface area contributed by atoms with Gasteiger partial charge in [-0.3, -0.25) is 19.1 Å². The Hall–Kier alpha value is -3.89. The monoisotopic (exact) mass is 470 g/mol. The highest BCUT2D eigenvalue weighted by Crippen LogP contribution is 2.31. The highest BCUT2D eigenvalue weighted by atomic mass is 16.5. The molecule has 2 heterocycles. The van der Waals surface area contributed by atoms with E-state index in [2.05, 4.69) is 16.3 Å². The zero-order valence-corrected chi connectivity index (χ0v) is 20.4. The summed E-state index contributed by atoms with van der Waals surface area (Å²) < 4.78 is 7.15. The SMILES string of the molecule is COc1ccc(-n2c(C)c(C)c(C#N)c2NC(=O)CN2CCC(C(=O)c3ccccc3)CC2)cc1. The molecule has 0 bridgehead atoms. The summed E-state index contributed by atoms with van der Waals surface area (Å²) in [5, 5.41) is 12.8. The number of nitriles is 1. The first-order chi connectivity index (χ1) is 16.9. The molecule has 3 aromatic rings. The van der Waals surface area contributed by atoms with Crippen LogP contribution in [-0.4, -0.2) is 47.9 Å². The predicted molar refractivity (Wildman–Crippen MR) is 135 cm³/mol. The number of hydrogen-bond donors (Lipinski definition) is 1. The summed E-state index contributed by atoms with van der Waals surface area (Å²) >= 11 is 0. The lowest BCUT2D eigenvalue weighted by Crippen LogP contribution is -2.41. The number of Topliss-reactive ketones (excluding diaryl/α,β-unsaturated/α-hetero) is 1. The number of methoxy groups -OCH3 is 1. The van der Waals surface area contributed by atoms with Gasteiger partial charge in [-0.25, -0.2) is 0 Å². The first kappa shape index (κ1) is 24.2. The van der Waals surface area contributed by atoms with Gasteiger partial charge in [0.1, 0.15) is 17.6 Å². The average Bonchev–Trinajstić information content (AvgIpc) is 3.12. The van der Waals surface area contributed by atoms with Crippen LogP contribution in [-0.2, 0) is 4.79 Å². The molecule has 0 saturated carbocycles. The zero-order valence-electron chi connectivity index (χ0n) is 20.4. The maximum absolute atomic E-state index is 13.0. The summed E-state index contributed by atoms with van der Waals surface area (Å²) in [6.45, 7) is 5.39. The Kier molecular flexibility index (Phi) is 7.33. The van der Waals surface area contributed by atoms with E-state index in [1.165, 1.54) is 0 Å². The van der Waals surface area contributed by atoms with E-state index in [1.807, 2.05) is 73.0 Å². The minimum absolute atomic E-state index is 0.0143. The summed E-state index contributed by atoms with van der Waals surface area (Å²) in [7, 11) is 1.61. The molecule has 0 atom stereocenters. The Balaban J connectivity index is 1.44. The van der Waals surface area contributed by atoms with E-state index in [0.717, 1.165) is 41.1 Å². The van der Waals surface area contributed by atoms with E-state index in [9.17, 15) is 14.9 Å². The molecule has 1 aliphatic heterocycles. The van der Waals surface area contributed by atoms with Crippen molar-refractivity contribution in [1.29, 1.82) is 5.26 Å². The van der Waals surface area contributed by atoms with Crippen molar-refractivity contribution >= 4 is 17.5 Å². The van der Waals surface area contributed by atoms with Crippen LogP contribution in [0.1, 0.15) is 40.0 Å². The summed E-state index contributed by atoms with van der Waals surface area (Å²) in [6.07, 6.45) is 1.45. The number of carbonyl (C=O) groups is 2. The molecule has 0 spiro atoms. The molecule has 0 aliphatic carbocycles. The van der Waals surface area contributed by atoms with Crippen LogP contribution in [0.25, 0.3) is 5.69 Å². The molecule has 7 nitrogen and oxygen atoms in total. The highest BCUT2D eigenvalue weighted by molar-refractivity contribution is 5.98. The number of ketones is 1. The standard InChI is InChI=1S/C28H30N4O3/c1-19-20(2)32(23-9-11-24(35-3)12-10-23)28(25(19)17-29)30-26(33)18-31-15-13-22(14-16-31)27(34)21-7-5-4-6-8-21/h4-12,22H,13-16,18H2,1-3H3,(H,30,33). The number of nitrogens with one attached hydrogen (secondary N) is 1. The molecule has 1 N–H and O–H groups in total. The lowest BCUT2D eigenvalue weighted by Gasteiger charge is -2.30. The van der Waals surface area contributed by atoms with Crippen LogP contribution >= 0.6 is 0 Å². The number of carbonyl (C=O) groups excluding carboxylic acids is 2. The van der Waals surface area contributed by atoms with Gasteiger partial charge in [-0.1, -0.05) is 30.3 Å². The summed E-state index contributed by atoms with van der Waals surface area (Å²) in [6, 6.07) is 19.1. The zero-order chi connectivity index (χ0) is 24.9. The van der Waals surface area contributed by atoms with Gasteiger partial charge in [0.25, 0.3) is 0 Å². The first-order valence-electron chi connectivity index (χ1n) is 11.8. The molecular weight excluding hydrogens is 440 g/mol. The third-order valence-corrected chi connectivity index (χ3v) is 6.80. The minimum Gasteiger partial charge on any atom is -0.497 e. The number of nitrogens with zero attached hydrogens (tertiary/aromatic N) is 3. The number of likely N-dealkylation sites (tertiary alicyclic amines) is 1.